The molecule has 0 atom stereocenters. The van der Waals surface area contributed by atoms with Gasteiger partial charge in [-0.1, -0.05) is 0 Å². The Morgan fingerprint density at radius 1 is 1.08 bits per heavy atom. The Morgan fingerprint density at radius 2 is 1.84 bits per heavy atom. The van der Waals surface area contributed by atoms with Crippen LogP contribution in [-0.2, 0) is 6.42 Å². The molecular weight excluding hydrogens is 322 g/mol. The lowest BCUT2D eigenvalue weighted by Crippen LogP contribution is -2.25. The van der Waals surface area contributed by atoms with Gasteiger partial charge < -0.3 is 24.3 Å². The molecule has 1 aliphatic rings. The molecule has 6 heteroatoms. The van der Waals surface area contributed by atoms with Gasteiger partial charge in [-0.25, -0.2) is 0 Å². The highest BCUT2D eigenvalue weighted by molar-refractivity contribution is 5.94. The quantitative estimate of drug-likeness (QED) is 0.874. The number of rotatable bonds is 6. The fourth-order valence-corrected chi connectivity index (χ4v) is 2.76. The molecule has 0 saturated heterocycles. The molecule has 0 spiro atoms. The molecule has 1 aliphatic heterocycles. The average molecular weight is 343 g/mol. The van der Waals surface area contributed by atoms with Crippen molar-refractivity contribution in [3.8, 4) is 23.0 Å². The minimum Gasteiger partial charge on any atom is -0.496 e. The first-order valence-corrected chi connectivity index (χ1v) is 8.01. The highest BCUT2D eigenvalue weighted by Crippen LogP contribution is 2.32. The summed E-state index contributed by atoms with van der Waals surface area (Å²) in [7, 11) is 3.27. The van der Waals surface area contributed by atoms with Crippen molar-refractivity contribution < 1.29 is 23.7 Å². The first-order valence-electron chi connectivity index (χ1n) is 8.01. The van der Waals surface area contributed by atoms with Crippen LogP contribution in [0.3, 0.4) is 0 Å². The highest BCUT2D eigenvalue weighted by Gasteiger charge is 2.16. The van der Waals surface area contributed by atoms with E-state index in [0.29, 0.717) is 30.0 Å². The third kappa shape index (κ3) is 3.63. The fourth-order valence-electron chi connectivity index (χ4n) is 2.76. The number of hydrogen-bond acceptors (Lipinski definition) is 5. The van der Waals surface area contributed by atoms with Gasteiger partial charge in [0.1, 0.15) is 11.5 Å². The molecule has 0 bridgehead atoms. The molecule has 3 rings (SSSR count). The summed E-state index contributed by atoms with van der Waals surface area (Å²) in [6.45, 7) is 2.64. The third-order valence-corrected chi connectivity index (χ3v) is 4.11. The van der Waals surface area contributed by atoms with E-state index in [1.165, 1.54) is 0 Å². The number of amides is 1. The number of carbonyl (C=O) groups is 1. The largest absolute Gasteiger partial charge is 0.496 e. The highest BCUT2D eigenvalue weighted by atomic mass is 16.7. The predicted octanol–water partition coefficient (Wildman–Crippen LogP) is 2.71. The van der Waals surface area contributed by atoms with E-state index < -0.39 is 0 Å². The van der Waals surface area contributed by atoms with Crippen LogP contribution >= 0.6 is 0 Å². The van der Waals surface area contributed by atoms with Gasteiger partial charge in [0.05, 0.1) is 14.2 Å². The van der Waals surface area contributed by atoms with E-state index in [4.69, 9.17) is 18.9 Å². The summed E-state index contributed by atoms with van der Waals surface area (Å²) >= 11 is 0. The summed E-state index contributed by atoms with van der Waals surface area (Å²) in [6, 6.07) is 9.03. The van der Waals surface area contributed by atoms with Crippen LogP contribution in [0.2, 0.25) is 0 Å². The molecule has 1 heterocycles. The van der Waals surface area contributed by atoms with Gasteiger partial charge in [0.15, 0.2) is 11.5 Å². The summed E-state index contributed by atoms with van der Waals surface area (Å²) < 4.78 is 21.3. The standard InChI is InChI=1S/C19H21NO5/c1-12-8-17(23-3)13(9-16(12)22-2)6-7-20-19(21)14-4-5-15-18(10-14)25-11-24-15/h4-5,8-10H,6-7,11H2,1-3H3,(H,20,21). The zero-order valence-corrected chi connectivity index (χ0v) is 14.5. The number of hydrogen-bond donors (Lipinski definition) is 1. The number of nitrogens with one attached hydrogen (secondary N) is 1. The molecule has 0 fully saturated rings. The second-order valence-corrected chi connectivity index (χ2v) is 5.71. The van der Waals surface area contributed by atoms with Gasteiger partial charge in [-0.05, 0) is 54.8 Å². The summed E-state index contributed by atoms with van der Waals surface area (Å²) in [5, 5.41) is 2.91. The third-order valence-electron chi connectivity index (χ3n) is 4.11. The number of aryl methyl sites for hydroxylation is 1. The van der Waals surface area contributed by atoms with Crippen LogP contribution in [-0.4, -0.2) is 33.5 Å². The second-order valence-electron chi connectivity index (χ2n) is 5.71. The normalized spacial score (nSPS) is 12.0. The Bertz CT molecular complexity index is 788. The summed E-state index contributed by atoms with van der Waals surface area (Å²) in [5.74, 6) is 2.69. The molecular formula is C19H21NO5. The van der Waals surface area contributed by atoms with E-state index in [2.05, 4.69) is 5.32 Å². The molecule has 1 N–H and O–H groups in total. The van der Waals surface area contributed by atoms with Gasteiger partial charge in [0, 0.05) is 12.1 Å². The number of fused-ring (bicyclic) bond motifs is 1. The second kappa shape index (κ2) is 7.34. The van der Waals surface area contributed by atoms with E-state index in [1.54, 1.807) is 32.4 Å². The first-order chi connectivity index (χ1) is 12.1. The molecule has 0 unspecified atom stereocenters. The Morgan fingerprint density at radius 3 is 2.60 bits per heavy atom. The Kier molecular flexibility index (Phi) is 4.97. The van der Waals surface area contributed by atoms with Gasteiger partial charge in [-0.15, -0.1) is 0 Å². The lowest BCUT2D eigenvalue weighted by Gasteiger charge is -2.13. The lowest BCUT2D eigenvalue weighted by atomic mass is 10.1. The molecule has 25 heavy (non-hydrogen) atoms. The van der Waals surface area contributed by atoms with Gasteiger partial charge in [0.25, 0.3) is 5.91 Å². The van der Waals surface area contributed by atoms with Crippen molar-refractivity contribution in [1.29, 1.82) is 0 Å². The zero-order chi connectivity index (χ0) is 17.8. The van der Waals surface area contributed by atoms with Crippen LogP contribution in [0.25, 0.3) is 0 Å². The maximum absolute atomic E-state index is 12.3. The van der Waals surface area contributed by atoms with Crippen LogP contribution in [0.5, 0.6) is 23.0 Å². The molecule has 2 aromatic rings. The molecule has 0 aromatic heterocycles. The SMILES string of the molecule is COc1cc(CCNC(=O)c2ccc3c(c2)OCO3)c(OC)cc1C. The van der Waals surface area contributed by atoms with Crippen molar-refractivity contribution in [2.75, 3.05) is 27.6 Å². The predicted molar refractivity (Wildman–Crippen MR) is 92.9 cm³/mol. The van der Waals surface area contributed by atoms with Gasteiger partial charge in [-0.2, -0.15) is 0 Å². The fraction of sp³-hybridized carbons (Fsp3) is 0.316. The molecule has 2 aromatic carbocycles. The molecule has 0 aliphatic carbocycles. The van der Waals surface area contributed by atoms with Gasteiger partial charge >= 0.3 is 0 Å². The van der Waals surface area contributed by atoms with Crippen molar-refractivity contribution in [3.05, 3.63) is 47.0 Å². The van der Waals surface area contributed by atoms with E-state index in [1.807, 2.05) is 19.1 Å². The van der Waals surface area contributed by atoms with Crippen LogP contribution < -0.4 is 24.3 Å². The van der Waals surface area contributed by atoms with Crippen molar-refractivity contribution in [2.24, 2.45) is 0 Å². The maximum atomic E-state index is 12.3. The van der Waals surface area contributed by atoms with Crippen LogP contribution in [0.15, 0.2) is 30.3 Å². The number of benzene rings is 2. The maximum Gasteiger partial charge on any atom is 0.251 e. The number of ether oxygens (including phenoxy) is 4. The summed E-state index contributed by atoms with van der Waals surface area (Å²) in [5.41, 5.74) is 2.53. The molecule has 0 saturated carbocycles. The molecule has 132 valence electrons. The van der Waals surface area contributed by atoms with Crippen LogP contribution in [0.4, 0.5) is 0 Å². The van der Waals surface area contributed by atoms with Crippen molar-refractivity contribution >= 4 is 5.91 Å². The first kappa shape index (κ1) is 17.0. The van der Waals surface area contributed by atoms with E-state index in [-0.39, 0.29) is 12.7 Å². The van der Waals surface area contributed by atoms with Gasteiger partial charge in [-0.3, -0.25) is 4.79 Å². The lowest BCUT2D eigenvalue weighted by molar-refractivity contribution is 0.0953. The van der Waals surface area contributed by atoms with Crippen LogP contribution in [0, 0.1) is 6.92 Å². The molecule has 1 amide bonds. The number of carbonyl (C=O) groups excluding carboxylic acids is 1. The minimum absolute atomic E-state index is 0.156. The smallest absolute Gasteiger partial charge is 0.251 e. The summed E-state index contributed by atoms with van der Waals surface area (Å²) in [6.07, 6.45) is 0.635. The zero-order valence-electron chi connectivity index (χ0n) is 14.5. The van der Waals surface area contributed by atoms with E-state index in [9.17, 15) is 4.79 Å². The van der Waals surface area contributed by atoms with Crippen molar-refractivity contribution in [3.63, 3.8) is 0 Å². The van der Waals surface area contributed by atoms with Crippen molar-refractivity contribution in [2.45, 2.75) is 13.3 Å². The Labute approximate surface area is 146 Å². The molecule has 0 radical (unpaired) electrons. The van der Waals surface area contributed by atoms with Crippen LogP contribution in [0.1, 0.15) is 21.5 Å². The van der Waals surface area contributed by atoms with E-state index in [0.717, 1.165) is 22.6 Å². The topological polar surface area (TPSA) is 66.0 Å². The summed E-state index contributed by atoms with van der Waals surface area (Å²) in [4.78, 5) is 12.3. The Balaban J connectivity index is 1.63. The monoisotopic (exact) mass is 343 g/mol. The minimum atomic E-state index is -0.156. The number of methoxy groups -OCH3 is 2. The molecule has 6 nitrogen and oxygen atoms in total. The van der Waals surface area contributed by atoms with Gasteiger partial charge in [0.2, 0.25) is 6.79 Å². The van der Waals surface area contributed by atoms with Crippen molar-refractivity contribution in [1.82, 2.24) is 5.32 Å². The average Bonchev–Trinajstić information content (AvgIpc) is 3.10. The Hall–Kier alpha value is -2.89. The van der Waals surface area contributed by atoms with E-state index >= 15 is 0 Å².